The molecule has 0 aliphatic rings. The summed E-state index contributed by atoms with van der Waals surface area (Å²) in [6.07, 6.45) is 3.83. The zero-order valence-corrected chi connectivity index (χ0v) is 8.35. The van der Waals surface area contributed by atoms with Crippen molar-refractivity contribution in [2.45, 2.75) is 40.0 Å². The molecule has 0 heterocycles. The van der Waals surface area contributed by atoms with Crippen molar-refractivity contribution in [2.24, 2.45) is 0 Å². The first kappa shape index (κ1) is 9.31. The van der Waals surface area contributed by atoms with Gasteiger partial charge >= 0.3 is 0 Å². The first-order valence-corrected chi connectivity index (χ1v) is 4.80. The molecule has 0 fully saturated rings. The number of benzene rings is 1. The molecule has 0 heteroatoms. The van der Waals surface area contributed by atoms with Crippen LogP contribution in [0, 0.1) is 13.8 Å². The summed E-state index contributed by atoms with van der Waals surface area (Å²) in [4.78, 5) is 0. The van der Waals surface area contributed by atoms with Gasteiger partial charge < -0.3 is 0 Å². The van der Waals surface area contributed by atoms with Crippen LogP contribution >= 0.6 is 0 Å². The van der Waals surface area contributed by atoms with E-state index >= 15 is 0 Å². The Morgan fingerprint density at radius 3 is 2.50 bits per heavy atom. The van der Waals surface area contributed by atoms with Gasteiger partial charge in [0.25, 0.3) is 0 Å². The molecule has 66 valence electrons. The Morgan fingerprint density at radius 1 is 1.17 bits per heavy atom. The Kier molecular flexibility index (Phi) is 3.33. The van der Waals surface area contributed by atoms with Gasteiger partial charge in [-0.25, -0.2) is 0 Å². The Hall–Kier alpha value is -0.780. The van der Waals surface area contributed by atoms with Crippen LogP contribution in [0.25, 0.3) is 0 Å². The molecule has 1 aromatic carbocycles. The highest BCUT2D eigenvalue weighted by molar-refractivity contribution is 5.30. The highest BCUT2D eigenvalue weighted by Gasteiger charge is 1.96. The second kappa shape index (κ2) is 4.30. The molecule has 0 spiro atoms. The highest BCUT2D eigenvalue weighted by atomic mass is 14.0. The topological polar surface area (TPSA) is 0 Å². The van der Waals surface area contributed by atoms with Crippen molar-refractivity contribution < 1.29 is 0 Å². The summed E-state index contributed by atoms with van der Waals surface area (Å²) in [6.45, 7) is 6.60. The minimum Gasteiger partial charge on any atom is -0.0654 e. The zero-order valence-electron chi connectivity index (χ0n) is 8.35. The molecule has 1 aromatic rings. The first-order valence-electron chi connectivity index (χ1n) is 4.80. The SMILES string of the molecule is CCCCc1ccc(C)cc1C. The van der Waals surface area contributed by atoms with E-state index in [4.69, 9.17) is 0 Å². The van der Waals surface area contributed by atoms with Gasteiger partial charge in [0.1, 0.15) is 0 Å². The molecule has 0 bridgehead atoms. The molecular formula is C12H18. The summed E-state index contributed by atoms with van der Waals surface area (Å²) in [5, 5.41) is 0. The Balaban J connectivity index is 2.72. The van der Waals surface area contributed by atoms with E-state index in [1.807, 2.05) is 0 Å². The molecule has 0 radical (unpaired) electrons. The zero-order chi connectivity index (χ0) is 8.97. The molecule has 0 aliphatic carbocycles. The van der Waals surface area contributed by atoms with Crippen LogP contribution in [0.5, 0.6) is 0 Å². The van der Waals surface area contributed by atoms with Gasteiger partial charge in [0.05, 0.1) is 0 Å². The maximum atomic E-state index is 2.27. The van der Waals surface area contributed by atoms with Gasteiger partial charge in [0.15, 0.2) is 0 Å². The average molecular weight is 162 g/mol. The fourth-order valence-corrected chi connectivity index (χ4v) is 1.49. The van der Waals surface area contributed by atoms with Crippen molar-refractivity contribution in [1.82, 2.24) is 0 Å². The second-order valence-electron chi connectivity index (χ2n) is 3.53. The summed E-state index contributed by atoms with van der Waals surface area (Å²) >= 11 is 0. The third kappa shape index (κ3) is 2.37. The number of hydrogen-bond acceptors (Lipinski definition) is 0. The quantitative estimate of drug-likeness (QED) is 0.636. The van der Waals surface area contributed by atoms with Crippen molar-refractivity contribution >= 4 is 0 Å². The maximum absolute atomic E-state index is 2.27. The Labute approximate surface area is 75.6 Å². The van der Waals surface area contributed by atoms with Gasteiger partial charge in [-0.05, 0) is 37.8 Å². The summed E-state index contributed by atoms with van der Waals surface area (Å²) in [5.41, 5.74) is 4.33. The lowest BCUT2D eigenvalue weighted by atomic mass is 10.0. The van der Waals surface area contributed by atoms with Crippen LogP contribution < -0.4 is 0 Å². The van der Waals surface area contributed by atoms with Crippen molar-refractivity contribution in [2.75, 3.05) is 0 Å². The number of rotatable bonds is 3. The standard InChI is InChI=1S/C12H18/c1-4-5-6-12-8-7-10(2)9-11(12)3/h7-9H,4-6H2,1-3H3. The van der Waals surface area contributed by atoms with E-state index in [2.05, 4.69) is 39.0 Å². The van der Waals surface area contributed by atoms with Crippen LogP contribution in [0.15, 0.2) is 18.2 Å². The number of aryl methyl sites for hydroxylation is 3. The Bertz CT molecular complexity index is 248. The fourth-order valence-electron chi connectivity index (χ4n) is 1.49. The van der Waals surface area contributed by atoms with Crippen LogP contribution in [-0.4, -0.2) is 0 Å². The predicted molar refractivity (Wildman–Crippen MR) is 54.5 cm³/mol. The van der Waals surface area contributed by atoms with E-state index in [9.17, 15) is 0 Å². The summed E-state index contributed by atoms with van der Waals surface area (Å²) in [7, 11) is 0. The molecule has 0 unspecified atom stereocenters. The van der Waals surface area contributed by atoms with Crippen molar-refractivity contribution in [3.8, 4) is 0 Å². The van der Waals surface area contributed by atoms with Crippen molar-refractivity contribution in [3.63, 3.8) is 0 Å². The highest BCUT2D eigenvalue weighted by Crippen LogP contribution is 2.12. The molecule has 0 N–H and O–H groups in total. The third-order valence-electron chi connectivity index (χ3n) is 2.30. The summed E-state index contributed by atoms with van der Waals surface area (Å²) < 4.78 is 0. The van der Waals surface area contributed by atoms with Crippen molar-refractivity contribution in [3.05, 3.63) is 34.9 Å². The smallest absolute Gasteiger partial charge is 0.0276 e. The van der Waals surface area contributed by atoms with Gasteiger partial charge in [-0.1, -0.05) is 37.1 Å². The van der Waals surface area contributed by atoms with E-state index in [-0.39, 0.29) is 0 Å². The molecule has 0 atom stereocenters. The van der Waals surface area contributed by atoms with E-state index in [0.29, 0.717) is 0 Å². The fraction of sp³-hybridized carbons (Fsp3) is 0.500. The normalized spacial score (nSPS) is 10.2. The van der Waals surface area contributed by atoms with E-state index in [0.717, 1.165) is 0 Å². The number of hydrogen-bond donors (Lipinski definition) is 0. The lowest BCUT2D eigenvalue weighted by Gasteiger charge is -2.05. The Morgan fingerprint density at radius 2 is 1.92 bits per heavy atom. The number of unbranched alkanes of at least 4 members (excludes halogenated alkanes) is 1. The first-order chi connectivity index (χ1) is 5.74. The lowest BCUT2D eigenvalue weighted by molar-refractivity contribution is 0.791. The van der Waals surface area contributed by atoms with Crippen LogP contribution in [0.4, 0.5) is 0 Å². The molecular weight excluding hydrogens is 144 g/mol. The minimum absolute atomic E-state index is 1.24. The molecule has 0 aliphatic heterocycles. The summed E-state index contributed by atoms with van der Waals surface area (Å²) in [5.74, 6) is 0. The van der Waals surface area contributed by atoms with Crippen LogP contribution in [0.3, 0.4) is 0 Å². The molecule has 0 saturated carbocycles. The minimum atomic E-state index is 1.24. The van der Waals surface area contributed by atoms with Gasteiger partial charge in [-0.15, -0.1) is 0 Å². The average Bonchev–Trinajstić information content (AvgIpc) is 2.03. The molecule has 0 saturated heterocycles. The van der Waals surface area contributed by atoms with Crippen LogP contribution in [0.1, 0.15) is 36.5 Å². The van der Waals surface area contributed by atoms with Gasteiger partial charge in [0.2, 0.25) is 0 Å². The molecule has 1 rings (SSSR count). The monoisotopic (exact) mass is 162 g/mol. The summed E-state index contributed by atoms with van der Waals surface area (Å²) in [6, 6.07) is 6.74. The van der Waals surface area contributed by atoms with Gasteiger partial charge in [-0.3, -0.25) is 0 Å². The maximum Gasteiger partial charge on any atom is -0.0276 e. The molecule has 0 nitrogen and oxygen atoms in total. The third-order valence-corrected chi connectivity index (χ3v) is 2.30. The largest absolute Gasteiger partial charge is 0.0654 e. The van der Waals surface area contributed by atoms with E-state index in [1.54, 1.807) is 0 Å². The molecule has 0 aromatic heterocycles. The molecule has 0 amide bonds. The van der Waals surface area contributed by atoms with Crippen LogP contribution in [-0.2, 0) is 6.42 Å². The van der Waals surface area contributed by atoms with Gasteiger partial charge in [0, 0.05) is 0 Å². The van der Waals surface area contributed by atoms with Gasteiger partial charge in [-0.2, -0.15) is 0 Å². The molecule has 12 heavy (non-hydrogen) atoms. The van der Waals surface area contributed by atoms with Crippen LogP contribution in [0.2, 0.25) is 0 Å². The predicted octanol–water partition coefficient (Wildman–Crippen LogP) is 3.65. The van der Waals surface area contributed by atoms with E-state index < -0.39 is 0 Å². The lowest BCUT2D eigenvalue weighted by Crippen LogP contribution is -1.89. The van der Waals surface area contributed by atoms with E-state index in [1.165, 1.54) is 36.0 Å². The second-order valence-corrected chi connectivity index (χ2v) is 3.53. The van der Waals surface area contributed by atoms with Crippen molar-refractivity contribution in [1.29, 1.82) is 0 Å².